The highest BCUT2D eigenvalue weighted by Gasteiger charge is 2.18. The number of rotatable bonds is 6. The van der Waals surface area contributed by atoms with Crippen molar-refractivity contribution in [3.63, 3.8) is 0 Å². The van der Waals surface area contributed by atoms with Gasteiger partial charge in [0.2, 0.25) is 5.95 Å². The number of nitrogens with zero attached hydrogens (tertiary/aromatic N) is 3. The Morgan fingerprint density at radius 2 is 2.17 bits per heavy atom. The molecule has 1 atom stereocenters. The second-order valence-corrected chi connectivity index (χ2v) is 6.82. The number of nitro groups is 1. The quantitative estimate of drug-likeness (QED) is 0.490. The molecule has 1 unspecified atom stereocenters. The Morgan fingerprint density at radius 1 is 1.31 bits per heavy atom. The van der Waals surface area contributed by atoms with Crippen LogP contribution in [0.15, 0.2) is 48.5 Å². The van der Waals surface area contributed by atoms with Crippen molar-refractivity contribution in [2.45, 2.75) is 19.1 Å². The van der Waals surface area contributed by atoms with Crippen molar-refractivity contribution in [3.8, 4) is 0 Å². The molecule has 2 heterocycles. The summed E-state index contributed by atoms with van der Waals surface area (Å²) in [4.78, 5) is 27.7. The second kappa shape index (κ2) is 8.38. The Kier molecular flexibility index (Phi) is 5.50. The third-order valence-electron chi connectivity index (χ3n) is 4.88. The number of fused-ring (bicyclic) bond motifs is 1. The first-order valence-corrected chi connectivity index (χ1v) is 9.45. The monoisotopic (exact) mass is 395 g/mol. The molecule has 9 nitrogen and oxygen atoms in total. The lowest BCUT2D eigenvalue weighted by Crippen LogP contribution is -2.39. The smallest absolute Gasteiger partial charge is 0.270 e. The van der Waals surface area contributed by atoms with E-state index in [9.17, 15) is 14.9 Å². The summed E-state index contributed by atoms with van der Waals surface area (Å²) in [5, 5.41) is 17.1. The standard InChI is InChI=1S/C20H21N5O4/c26-19(14-4-3-5-15(12-14)25(27)28)23-20-22-17-6-1-2-7-18(17)24(20)10-8-16-13-21-9-11-29-16/h1-7,12,16,21H,8-11,13H2,(H,22,23,26). The predicted molar refractivity (Wildman–Crippen MR) is 108 cm³/mol. The van der Waals surface area contributed by atoms with Crippen molar-refractivity contribution in [1.82, 2.24) is 14.9 Å². The summed E-state index contributed by atoms with van der Waals surface area (Å²) < 4.78 is 7.71. The Labute approximate surface area is 166 Å². The van der Waals surface area contributed by atoms with Gasteiger partial charge in [0.25, 0.3) is 11.6 Å². The van der Waals surface area contributed by atoms with Crippen molar-refractivity contribution >= 4 is 28.6 Å². The van der Waals surface area contributed by atoms with E-state index in [-0.39, 0.29) is 17.4 Å². The molecule has 3 aromatic rings. The Morgan fingerprint density at radius 3 is 2.97 bits per heavy atom. The van der Waals surface area contributed by atoms with E-state index in [1.54, 1.807) is 0 Å². The first kappa shape index (κ1) is 19.0. The van der Waals surface area contributed by atoms with Crippen LogP contribution in [-0.4, -0.2) is 46.2 Å². The highest BCUT2D eigenvalue weighted by atomic mass is 16.6. The topological polar surface area (TPSA) is 111 Å². The second-order valence-electron chi connectivity index (χ2n) is 6.82. The zero-order valence-corrected chi connectivity index (χ0v) is 15.7. The largest absolute Gasteiger partial charge is 0.376 e. The van der Waals surface area contributed by atoms with Gasteiger partial charge in [-0.05, 0) is 24.6 Å². The van der Waals surface area contributed by atoms with Crippen LogP contribution < -0.4 is 10.6 Å². The zero-order chi connectivity index (χ0) is 20.2. The van der Waals surface area contributed by atoms with Crippen LogP contribution in [0.1, 0.15) is 16.8 Å². The summed E-state index contributed by atoms with van der Waals surface area (Å²) in [6.45, 7) is 2.96. The number of imidazole rings is 1. The molecule has 0 radical (unpaired) electrons. The van der Waals surface area contributed by atoms with Gasteiger partial charge in [-0.1, -0.05) is 18.2 Å². The SMILES string of the molecule is O=C(Nc1nc2ccccc2n1CCC1CNCCO1)c1cccc([N+](=O)[O-])c1. The molecule has 0 spiro atoms. The highest BCUT2D eigenvalue weighted by molar-refractivity contribution is 6.04. The molecule has 1 fully saturated rings. The number of aromatic nitrogens is 2. The van der Waals surface area contributed by atoms with Gasteiger partial charge in [0, 0.05) is 37.3 Å². The number of nitro benzene ring substituents is 1. The van der Waals surface area contributed by atoms with Crippen molar-refractivity contribution in [1.29, 1.82) is 0 Å². The summed E-state index contributed by atoms with van der Waals surface area (Å²) in [6, 6.07) is 13.3. The van der Waals surface area contributed by atoms with Crippen LogP contribution in [-0.2, 0) is 11.3 Å². The van der Waals surface area contributed by atoms with Crippen molar-refractivity contribution in [2.24, 2.45) is 0 Å². The van der Waals surface area contributed by atoms with E-state index in [1.807, 2.05) is 28.8 Å². The molecular formula is C20H21N5O4. The molecule has 150 valence electrons. The van der Waals surface area contributed by atoms with E-state index < -0.39 is 10.8 Å². The molecule has 0 saturated carbocycles. The number of nitrogens with one attached hydrogen (secondary N) is 2. The number of anilines is 1. The van der Waals surface area contributed by atoms with Gasteiger partial charge in [0.15, 0.2) is 0 Å². The summed E-state index contributed by atoms with van der Waals surface area (Å²) in [5.41, 5.74) is 1.75. The molecule has 1 aliphatic rings. The lowest BCUT2D eigenvalue weighted by molar-refractivity contribution is -0.384. The number of morpholine rings is 1. The maximum atomic E-state index is 12.7. The number of amides is 1. The maximum absolute atomic E-state index is 12.7. The van der Waals surface area contributed by atoms with Crippen LogP contribution in [0.3, 0.4) is 0 Å². The van der Waals surface area contributed by atoms with Gasteiger partial charge in [-0.15, -0.1) is 0 Å². The van der Waals surface area contributed by atoms with E-state index in [1.165, 1.54) is 24.3 Å². The summed E-state index contributed by atoms with van der Waals surface area (Å²) in [6.07, 6.45) is 0.873. The third-order valence-corrected chi connectivity index (χ3v) is 4.88. The van der Waals surface area contributed by atoms with Gasteiger partial charge in [0.1, 0.15) is 0 Å². The fourth-order valence-electron chi connectivity index (χ4n) is 3.41. The van der Waals surface area contributed by atoms with Crippen molar-refractivity contribution in [2.75, 3.05) is 25.0 Å². The number of non-ortho nitro benzene ring substituents is 1. The van der Waals surface area contributed by atoms with E-state index >= 15 is 0 Å². The fourth-order valence-corrected chi connectivity index (χ4v) is 3.41. The zero-order valence-electron chi connectivity index (χ0n) is 15.7. The van der Waals surface area contributed by atoms with E-state index in [0.717, 1.165) is 30.5 Å². The van der Waals surface area contributed by atoms with Gasteiger partial charge in [-0.3, -0.25) is 20.2 Å². The molecule has 2 aromatic carbocycles. The molecule has 1 saturated heterocycles. The lowest BCUT2D eigenvalue weighted by Gasteiger charge is -2.24. The van der Waals surface area contributed by atoms with Crippen LogP contribution in [0, 0.1) is 10.1 Å². The lowest BCUT2D eigenvalue weighted by atomic mass is 10.2. The molecule has 1 aromatic heterocycles. The van der Waals surface area contributed by atoms with Gasteiger partial charge >= 0.3 is 0 Å². The maximum Gasteiger partial charge on any atom is 0.270 e. The molecule has 1 aliphatic heterocycles. The van der Waals surface area contributed by atoms with Crippen LogP contribution in [0.25, 0.3) is 11.0 Å². The summed E-state index contributed by atoms with van der Waals surface area (Å²) >= 11 is 0. The van der Waals surface area contributed by atoms with Gasteiger partial charge in [0.05, 0.1) is 28.7 Å². The minimum Gasteiger partial charge on any atom is -0.376 e. The Hall–Kier alpha value is -3.30. The van der Waals surface area contributed by atoms with Gasteiger partial charge in [-0.25, -0.2) is 4.98 Å². The predicted octanol–water partition coefficient (Wildman–Crippen LogP) is 2.58. The number of carbonyl (C=O) groups excluding carboxylic acids is 1. The first-order chi connectivity index (χ1) is 14.1. The number of aryl methyl sites for hydroxylation is 1. The normalized spacial score (nSPS) is 16.6. The van der Waals surface area contributed by atoms with Crippen LogP contribution in [0.4, 0.5) is 11.6 Å². The number of carbonyl (C=O) groups is 1. The molecular weight excluding hydrogens is 374 g/mol. The van der Waals surface area contributed by atoms with Crippen molar-refractivity contribution < 1.29 is 14.5 Å². The molecule has 2 N–H and O–H groups in total. The average Bonchev–Trinajstić information content (AvgIpc) is 3.10. The molecule has 0 aliphatic carbocycles. The van der Waals surface area contributed by atoms with E-state index in [0.29, 0.717) is 19.1 Å². The number of ether oxygens (including phenoxy) is 1. The minimum atomic E-state index is -0.524. The minimum absolute atomic E-state index is 0.102. The number of hydrogen-bond acceptors (Lipinski definition) is 6. The number of hydrogen-bond donors (Lipinski definition) is 2. The summed E-state index contributed by atoms with van der Waals surface area (Å²) in [5.74, 6) is -0.0349. The Bertz CT molecular complexity index is 1040. The van der Waals surface area contributed by atoms with E-state index in [4.69, 9.17) is 4.74 Å². The fraction of sp³-hybridized carbons (Fsp3) is 0.300. The number of benzene rings is 2. The molecule has 0 bridgehead atoms. The molecule has 29 heavy (non-hydrogen) atoms. The van der Waals surface area contributed by atoms with E-state index in [2.05, 4.69) is 15.6 Å². The highest BCUT2D eigenvalue weighted by Crippen LogP contribution is 2.22. The van der Waals surface area contributed by atoms with Crippen LogP contribution in [0.5, 0.6) is 0 Å². The van der Waals surface area contributed by atoms with Gasteiger partial charge in [-0.2, -0.15) is 0 Å². The van der Waals surface area contributed by atoms with Gasteiger partial charge < -0.3 is 14.6 Å². The molecule has 1 amide bonds. The molecule has 9 heteroatoms. The van der Waals surface area contributed by atoms with Crippen LogP contribution >= 0.6 is 0 Å². The Balaban J connectivity index is 1.58. The average molecular weight is 395 g/mol. The summed E-state index contributed by atoms with van der Waals surface area (Å²) in [7, 11) is 0. The third kappa shape index (κ3) is 4.25. The first-order valence-electron chi connectivity index (χ1n) is 9.45. The molecule has 4 rings (SSSR count). The van der Waals surface area contributed by atoms with Crippen molar-refractivity contribution in [3.05, 3.63) is 64.2 Å². The van der Waals surface area contributed by atoms with Crippen LogP contribution in [0.2, 0.25) is 0 Å². The number of para-hydroxylation sites is 2.